The van der Waals surface area contributed by atoms with E-state index in [0.717, 1.165) is 32.9 Å². The van der Waals surface area contributed by atoms with Gasteiger partial charge < -0.3 is 4.74 Å². The molecule has 10 heteroatoms. The minimum Gasteiger partial charge on any atom is -0.494 e. The molecule has 0 saturated carbocycles. The van der Waals surface area contributed by atoms with E-state index in [4.69, 9.17) is 4.74 Å². The zero-order valence-electron chi connectivity index (χ0n) is 15.8. The summed E-state index contributed by atoms with van der Waals surface area (Å²) in [4.78, 5) is 34.3. The van der Waals surface area contributed by atoms with Crippen molar-refractivity contribution >= 4 is 48.9 Å². The largest absolute Gasteiger partial charge is 0.494 e. The highest BCUT2D eigenvalue weighted by molar-refractivity contribution is 7.22. The second-order valence-electron chi connectivity index (χ2n) is 6.20. The predicted octanol–water partition coefficient (Wildman–Crippen LogP) is 4.91. The van der Waals surface area contributed by atoms with Gasteiger partial charge in [0.2, 0.25) is 0 Å². The molecule has 3 heterocycles. The van der Waals surface area contributed by atoms with Gasteiger partial charge in [-0.15, -0.1) is 0 Å². The fourth-order valence-electron chi connectivity index (χ4n) is 2.84. The van der Waals surface area contributed by atoms with Crippen molar-refractivity contribution in [3.63, 3.8) is 0 Å². The average Bonchev–Trinajstić information content (AvgIpc) is 3.40. The summed E-state index contributed by atoms with van der Waals surface area (Å²) in [6.45, 7) is 2.74. The maximum absolute atomic E-state index is 13.3. The van der Waals surface area contributed by atoms with Crippen molar-refractivity contribution in [2.24, 2.45) is 0 Å². The minimum absolute atomic E-state index is 0.0760. The second kappa shape index (κ2) is 8.56. The summed E-state index contributed by atoms with van der Waals surface area (Å²) in [5, 5.41) is 11.5. The highest BCUT2D eigenvalue weighted by Crippen LogP contribution is 2.34. The first-order valence-corrected chi connectivity index (χ1v) is 10.7. The van der Waals surface area contributed by atoms with E-state index < -0.39 is 4.92 Å². The van der Waals surface area contributed by atoms with Crippen molar-refractivity contribution in [1.29, 1.82) is 0 Å². The summed E-state index contributed by atoms with van der Waals surface area (Å²) < 4.78 is 6.44. The van der Waals surface area contributed by atoms with Crippen LogP contribution in [0.5, 0.6) is 5.75 Å². The number of carbonyl (C=O) groups is 1. The van der Waals surface area contributed by atoms with Gasteiger partial charge in [0, 0.05) is 18.5 Å². The number of benzene rings is 1. The van der Waals surface area contributed by atoms with Gasteiger partial charge >= 0.3 is 5.00 Å². The predicted molar refractivity (Wildman–Crippen MR) is 117 cm³/mol. The smallest absolute Gasteiger partial charge is 0.324 e. The molecular weight excluding hydrogens is 424 g/mol. The number of thiophene rings is 1. The number of nitrogens with zero attached hydrogens (tertiary/aromatic N) is 4. The molecule has 152 valence electrons. The molecule has 4 rings (SSSR count). The van der Waals surface area contributed by atoms with E-state index in [-0.39, 0.29) is 22.3 Å². The lowest BCUT2D eigenvalue weighted by atomic mass is 10.2. The van der Waals surface area contributed by atoms with Gasteiger partial charge in [-0.05, 0) is 48.9 Å². The number of hydrogen-bond acceptors (Lipinski definition) is 8. The molecule has 0 bridgehead atoms. The van der Waals surface area contributed by atoms with E-state index in [1.54, 1.807) is 12.4 Å². The van der Waals surface area contributed by atoms with Crippen LogP contribution in [0.3, 0.4) is 0 Å². The SMILES string of the molecule is CCOc1ccc2nc(N(Cc3ccncc3)C(=O)c3ccc([N+](=O)[O-])s3)sc2c1. The van der Waals surface area contributed by atoms with Crippen LogP contribution < -0.4 is 9.64 Å². The number of aromatic nitrogens is 2. The van der Waals surface area contributed by atoms with Gasteiger partial charge in [-0.3, -0.25) is 24.8 Å². The first kappa shape index (κ1) is 19.9. The highest BCUT2D eigenvalue weighted by Gasteiger charge is 2.25. The Morgan fingerprint density at radius 3 is 2.67 bits per heavy atom. The highest BCUT2D eigenvalue weighted by atomic mass is 32.1. The van der Waals surface area contributed by atoms with Crippen LogP contribution in [0, 0.1) is 10.1 Å². The van der Waals surface area contributed by atoms with Crippen LogP contribution in [0.25, 0.3) is 10.2 Å². The monoisotopic (exact) mass is 440 g/mol. The third-order valence-electron chi connectivity index (χ3n) is 4.21. The summed E-state index contributed by atoms with van der Waals surface area (Å²) >= 11 is 2.22. The van der Waals surface area contributed by atoms with Crippen molar-refractivity contribution in [1.82, 2.24) is 9.97 Å². The number of fused-ring (bicyclic) bond motifs is 1. The molecule has 3 aromatic heterocycles. The van der Waals surface area contributed by atoms with E-state index >= 15 is 0 Å². The normalized spacial score (nSPS) is 10.8. The molecule has 0 N–H and O–H groups in total. The van der Waals surface area contributed by atoms with E-state index in [2.05, 4.69) is 9.97 Å². The Bertz CT molecular complexity index is 1210. The molecule has 0 aliphatic rings. The van der Waals surface area contributed by atoms with Gasteiger partial charge in [0.15, 0.2) is 5.13 Å². The number of rotatable bonds is 7. The van der Waals surface area contributed by atoms with Crippen LogP contribution >= 0.6 is 22.7 Å². The lowest BCUT2D eigenvalue weighted by Gasteiger charge is -2.19. The molecule has 8 nitrogen and oxygen atoms in total. The number of amides is 1. The summed E-state index contributed by atoms with van der Waals surface area (Å²) in [5.41, 5.74) is 1.63. The van der Waals surface area contributed by atoms with E-state index in [1.165, 1.54) is 28.4 Å². The molecule has 0 unspecified atom stereocenters. The topological polar surface area (TPSA) is 98.5 Å². The molecule has 0 fully saturated rings. The Morgan fingerprint density at radius 2 is 1.97 bits per heavy atom. The Kier molecular flexibility index (Phi) is 5.68. The van der Waals surface area contributed by atoms with Gasteiger partial charge in [-0.2, -0.15) is 0 Å². The van der Waals surface area contributed by atoms with Crippen LogP contribution in [0.1, 0.15) is 22.2 Å². The molecule has 0 aliphatic heterocycles. The molecule has 0 atom stereocenters. The van der Waals surface area contributed by atoms with Gasteiger partial charge in [0.1, 0.15) is 5.75 Å². The van der Waals surface area contributed by atoms with Gasteiger partial charge in [-0.25, -0.2) is 4.98 Å². The van der Waals surface area contributed by atoms with E-state index in [9.17, 15) is 14.9 Å². The number of ether oxygens (including phenoxy) is 1. The molecule has 0 saturated heterocycles. The molecule has 0 radical (unpaired) electrons. The maximum atomic E-state index is 13.3. The zero-order valence-corrected chi connectivity index (χ0v) is 17.5. The first-order chi connectivity index (χ1) is 14.5. The summed E-state index contributed by atoms with van der Waals surface area (Å²) in [5.74, 6) is 0.398. The van der Waals surface area contributed by atoms with E-state index in [1.807, 2.05) is 37.3 Å². The van der Waals surface area contributed by atoms with Crippen LogP contribution in [0.4, 0.5) is 10.1 Å². The Labute approximate surface area is 179 Å². The molecule has 1 amide bonds. The fraction of sp³-hybridized carbons (Fsp3) is 0.150. The standard InChI is InChI=1S/C20H16N4O4S2/c1-2-28-14-3-4-15-17(11-14)30-20(22-15)23(12-13-7-9-21-10-8-13)19(25)16-5-6-18(29-16)24(26)27/h3-11H,2,12H2,1H3. The Morgan fingerprint density at radius 1 is 1.17 bits per heavy atom. The molecule has 30 heavy (non-hydrogen) atoms. The second-order valence-corrected chi connectivity index (χ2v) is 8.27. The molecule has 0 aliphatic carbocycles. The third-order valence-corrected chi connectivity index (χ3v) is 6.27. The molecule has 0 spiro atoms. The molecule has 4 aromatic rings. The first-order valence-electron chi connectivity index (χ1n) is 9.03. The van der Waals surface area contributed by atoms with Gasteiger partial charge in [-0.1, -0.05) is 22.7 Å². The number of carbonyl (C=O) groups excluding carboxylic acids is 1. The van der Waals surface area contributed by atoms with Crippen LogP contribution in [-0.2, 0) is 6.54 Å². The molecule has 1 aromatic carbocycles. The van der Waals surface area contributed by atoms with Crippen molar-refractivity contribution < 1.29 is 14.5 Å². The Balaban J connectivity index is 1.73. The van der Waals surface area contributed by atoms with Crippen molar-refractivity contribution in [2.45, 2.75) is 13.5 Å². The van der Waals surface area contributed by atoms with Crippen molar-refractivity contribution in [3.8, 4) is 5.75 Å². The summed E-state index contributed by atoms with van der Waals surface area (Å²) in [6, 6.07) is 12.0. The lowest BCUT2D eigenvalue weighted by molar-refractivity contribution is -0.380. The van der Waals surface area contributed by atoms with E-state index in [0.29, 0.717) is 11.7 Å². The summed E-state index contributed by atoms with van der Waals surface area (Å²) in [7, 11) is 0. The van der Waals surface area contributed by atoms with Crippen LogP contribution in [0.15, 0.2) is 54.9 Å². The van der Waals surface area contributed by atoms with Crippen molar-refractivity contribution in [2.75, 3.05) is 11.5 Å². The average molecular weight is 441 g/mol. The number of pyridine rings is 1. The summed E-state index contributed by atoms with van der Waals surface area (Å²) in [6.07, 6.45) is 3.31. The quantitative estimate of drug-likeness (QED) is 0.299. The van der Waals surface area contributed by atoms with Crippen molar-refractivity contribution in [3.05, 3.63) is 75.4 Å². The number of anilines is 1. The third kappa shape index (κ3) is 4.14. The van der Waals surface area contributed by atoms with Crippen LogP contribution in [0.2, 0.25) is 0 Å². The Hall–Kier alpha value is -3.37. The fourth-order valence-corrected chi connectivity index (χ4v) is 4.60. The minimum atomic E-state index is -0.498. The maximum Gasteiger partial charge on any atom is 0.324 e. The number of hydrogen-bond donors (Lipinski definition) is 0. The van der Waals surface area contributed by atoms with Gasteiger partial charge in [0.25, 0.3) is 5.91 Å². The van der Waals surface area contributed by atoms with Crippen LogP contribution in [-0.4, -0.2) is 27.4 Å². The number of nitro groups is 1. The van der Waals surface area contributed by atoms with Gasteiger partial charge in [0.05, 0.1) is 33.2 Å². The lowest BCUT2D eigenvalue weighted by Crippen LogP contribution is -2.29. The number of thiazole rings is 1. The zero-order chi connectivity index (χ0) is 21.1. The molecular formula is C20H16N4O4S2.